The largest absolute Gasteiger partial charge is 0.396 e. The van der Waals surface area contributed by atoms with Crippen LogP contribution in [-0.4, -0.2) is 96.5 Å². The smallest absolute Gasteiger partial charge is 0.279 e. The van der Waals surface area contributed by atoms with Gasteiger partial charge < -0.3 is 10.4 Å². The zero-order valence-electron chi connectivity index (χ0n) is 15.6. The van der Waals surface area contributed by atoms with E-state index in [1.54, 1.807) is 29.1 Å². The van der Waals surface area contributed by atoms with E-state index in [0.29, 0.717) is 24.6 Å². The molecule has 1 unspecified atom stereocenters. The Kier molecular flexibility index (Phi) is 24.8. The maximum absolute atomic E-state index is 11.6. The number of nitrogens with zero attached hydrogens (tertiary/aromatic N) is 1. The summed E-state index contributed by atoms with van der Waals surface area (Å²) in [5.41, 5.74) is 1.54. The predicted octanol–water partition coefficient (Wildman–Crippen LogP) is 3.41. The van der Waals surface area contributed by atoms with Crippen molar-refractivity contribution in [1.29, 1.82) is 0 Å². The van der Waals surface area contributed by atoms with Crippen LogP contribution in [0.5, 0.6) is 0 Å². The lowest BCUT2D eigenvalue weighted by molar-refractivity contribution is 0.261. The highest BCUT2D eigenvalue weighted by Crippen LogP contribution is 2.13. The van der Waals surface area contributed by atoms with Gasteiger partial charge in [0, 0.05) is 63.5 Å². The Balaban J connectivity index is 3.31. The molecule has 1 atom stereocenters. The van der Waals surface area contributed by atoms with Crippen molar-refractivity contribution in [2.45, 2.75) is 0 Å². The highest BCUT2D eigenvalue weighted by atomic mass is 32.2. The first-order chi connectivity index (χ1) is 13.2. The van der Waals surface area contributed by atoms with Gasteiger partial charge in [0.05, 0.1) is 23.0 Å². The summed E-state index contributed by atoms with van der Waals surface area (Å²) in [4.78, 5) is 15.8. The van der Waals surface area contributed by atoms with Gasteiger partial charge in [0.2, 0.25) is 0 Å². The lowest BCUT2D eigenvalue weighted by atomic mass is 10.8. The number of aliphatic imine (C=N–C) groups is 1. The third-order valence-corrected chi connectivity index (χ3v) is 10.3. The van der Waals surface area contributed by atoms with Crippen molar-refractivity contribution in [2.75, 3.05) is 76.4 Å². The maximum atomic E-state index is 11.6. The predicted molar refractivity (Wildman–Crippen MR) is 137 cm³/mol. The molecule has 0 saturated carbocycles. The second-order valence-corrected chi connectivity index (χ2v) is 13.3. The first-order valence-electron chi connectivity index (χ1n) is 8.39. The number of amides is 1. The third kappa shape index (κ3) is 23.5. The topological polar surface area (TPSA) is 78.8 Å². The summed E-state index contributed by atoms with van der Waals surface area (Å²) in [5, 5.41) is 13.7. The van der Waals surface area contributed by atoms with Gasteiger partial charge in [0.15, 0.2) is 0 Å². The van der Waals surface area contributed by atoms with Crippen molar-refractivity contribution in [3.63, 3.8) is 0 Å². The van der Waals surface area contributed by atoms with Crippen LogP contribution in [0.15, 0.2) is 4.99 Å². The van der Waals surface area contributed by atoms with Gasteiger partial charge in [-0.2, -0.15) is 35.3 Å². The van der Waals surface area contributed by atoms with Crippen LogP contribution in [0.3, 0.4) is 0 Å². The molecule has 0 aromatic heterocycles. The molecular weight excluding hydrogens is 481 g/mol. The molecule has 0 fully saturated rings. The molecule has 0 heterocycles. The monoisotopic (exact) mass is 510 g/mol. The number of aliphatic hydroxyl groups excluding tert-OH is 1. The average Bonchev–Trinajstić information content (AvgIpc) is 2.66. The minimum atomic E-state index is -0.997. The van der Waals surface area contributed by atoms with Gasteiger partial charge in [0.1, 0.15) is 0 Å². The zero-order chi connectivity index (χ0) is 20.0. The number of nitrogens with one attached hydrogen (secondary N) is 1. The molecule has 27 heavy (non-hydrogen) atoms. The summed E-state index contributed by atoms with van der Waals surface area (Å²) < 4.78 is 11.6. The van der Waals surface area contributed by atoms with Gasteiger partial charge in [-0.3, -0.25) is 14.0 Å². The number of aliphatic hydroxyl groups is 1. The van der Waals surface area contributed by atoms with Gasteiger partial charge in [-0.05, 0) is 6.26 Å². The number of carbonyl (C=O) groups is 1. The molecule has 160 valence electrons. The van der Waals surface area contributed by atoms with Crippen LogP contribution in [0.25, 0.3) is 0 Å². The summed E-state index contributed by atoms with van der Waals surface area (Å²) >= 11 is 10.3. The van der Waals surface area contributed by atoms with Crippen LogP contribution in [0.4, 0.5) is 4.79 Å². The Hall–Kier alpha value is 1.35. The van der Waals surface area contributed by atoms with E-state index in [0.717, 1.165) is 38.9 Å². The fourth-order valence-corrected chi connectivity index (χ4v) is 7.47. The van der Waals surface area contributed by atoms with Crippen LogP contribution in [0, 0.1) is 0 Å². The lowest BCUT2D eigenvalue weighted by Crippen LogP contribution is -2.22. The summed E-state index contributed by atoms with van der Waals surface area (Å²) in [6.07, 6.45) is 2.08. The minimum Gasteiger partial charge on any atom is -0.396 e. The van der Waals surface area contributed by atoms with Crippen LogP contribution < -0.4 is 5.32 Å². The molecule has 1 amide bonds. The molecule has 0 aliphatic heterocycles. The Morgan fingerprint density at radius 2 is 1.81 bits per heavy atom. The first kappa shape index (κ1) is 28.4. The van der Waals surface area contributed by atoms with Gasteiger partial charge in [0.25, 0.3) is 5.24 Å². The summed E-state index contributed by atoms with van der Waals surface area (Å²) in [5.74, 6) is 5.79. The number of rotatable bonds is 19. The summed E-state index contributed by atoms with van der Waals surface area (Å²) in [6.45, 7) is 1.56. The van der Waals surface area contributed by atoms with E-state index in [2.05, 4.69) is 16.6 Å². The molecule has 0 aromatic carbocycles. The molecule has 0 aliphatic carbocycles. The molecule has 0 aliphatic rings. The Morgan fingerprint density at radius 3 is 2.59 bits per heavy atom. The van der Waals surface area contributed by atoms with Gasteiger partial charge in [-0.1, -0.05) is 11.8 Å². The van der Waals surface area contributed by atoms with Crippen molar-refractivity contribution in [1.82, 2.24) is 5.32 Å². The number of hydrogen-bond donors (Lipinski definition) is 2. The molecule has 0 bridgehead atoms. The van der Waals surface area contributed by atoms with Crippen LogP contribution >= 0.6 is 70.6 Å². The molecule has 0 spiro atoms. The first-order valence-corrected chi connectivity index (χ1v) is 16.8. The SMILES string of the molecule is CSCSCCSC(=O)NCCSCSCCN=CS(=O)CCSCCO. The van der Waals surface area contributed by atoms with E-state index in [-0.39, 0.29) is 11.8 Å². The van der Waals surface area contributed by atoms with E-state index in [4.69, 9.17) is 5.11 Å². The lowest BCUT2D eigenvalue weighted by Gasteiger charge is -2.04. The van der Waals surface area contributed by atoms with E-state index in [1.165, 1.54) is 11.8 Å². The van der Waals surface area contributed by atoms with E-state index >= 15 is 0 Å². The molecular formula is C15H30N2O3S7. The van der Waals surface area contributed by atoms with Gasteiger partial charge >= 0.3 is 0 Å². The molecule has 0 aromatic rings. The van der Waals surface area contributed by atoms with Gasteiger partial charge in [-0.15, -0.1) is 23.5 Å². The van der Waals surface area contributed by atoms with Crippen molar-refractivity contribution < 1.29 is 14.1 Å². The van der Waals surface area contributed by atoms with Crippen LogP contribution in [0.1, 0.15) is 0 Å². The van der Waals surface area contributed by atoms with E-state index in [1.807, 2.05) is 35.3 Å². The Bertz CT molecular complexity index is 404. The maximum Gasteiger partial charge on any atom is 0.279 e. The molecule has 0 radical (unpaired) electrons. The normalized spacial score (nSPS) is 12.5. The summed E-state index contributed by atoms with van der Waals surface area (Å²) in [7, 11) is -0.997. The zero-order valence-corrected chi connectivity index (χ0v) is 21.3. The highest BCUT2D eigenvalue weighted by Gasteiger charge is 2.01. The van der Waals surface area contributed by atoms with E-state index < -0.39 is 10.8 Å². The van der Waals surface area contributed by atoms with Gasteiger partial charge in [-0.25, -0.2) is 0 Å². The number of hydrogen-bond acceptors (Lipinski definition) is 10. The third-order valence-electron chi connectivity index (χ3n) is 2.57. The molecule has 0 rings (SSSR count). The highest BCUT2D eigenvalue weighted by molar-refractivity contribution is 8.17. The second kappa shape index (κ2) is 23.6. The standard InChI is InChI=1S/C15H30N2O3S7/c1-21-13-25-8-9-26-15(19)17-3-6-24-14-23-5-2-16-12-27(20)11-10-22-7-4-18/h12,18H,2-11,13-14H2,1H3,(H,17,19). The van der Waals surface area contributed by atoms with Crippen LogP contribution in [-0.2, 0) is 10.8 Å². The number of carbonyl (C=O) groups excluding carboxylic acids is 1. The average molecular weight is 511 g/mol. The molecule has 5 nitrogen and oxygen atoms in total. The van der Waals surface area contributed by atoms with E-state index in [9.17, 15) is 9.00 Å². The fraction of sp³-hybridized carbons (Fsp3) is 0.867. The Morgan fingerprint density at radius 1 is 1.04 bits per heavy atom. The van der Waals surface area contributed by atoms with Crippen molar-refractivity contribution in [3.05, 3.63) is 0 Å². The summed E-state index contributed by atoms with van der Waals surface area (Å²) in [6, 6.07) is 0. The van der Waals surface area contributed by atoms with Crippen molar-refractivity contribution in [2.24, 2.45) is 4.99 Å². The molecule has 0 saturated heterocycles. The molecule has 12 heteroatoms. The molecule has 2 N–H and O–H groups in total. The van der Waals surface area contributed by atoms with Crippen LogP contribution in [0.2, 0.25) is 0 Å². The van der Waals surface area contributed by atoms with Crippen molar-refractivity contribution >= 4 is 92.2 Å². The second-order valence-electron chi connectivity index (χ2n) is 4.74. The fourth-order valence-electron chi connectivity index (χ4n) is 1.40. The van der Waals surface area contributed by atoms with Crippen molar-refractivity contribution in [3.8, 4) is 0 Å². The Labute approximate surface area is 191 Å². The quantitative estimate of drug-likeness (QED) is 0.118. The minimum absolute atomic E-state index is 0.0742. The number of thioether (sulfide) groups is 6.